The molecule has 3 heterocycles. The van der Waals surface area contributed by atoms with Gasteiger partial charge < -0.3 is 9.84 Å². The van der Waals surface area contributed by atoms with Crippen molar-refractivity contribution in [2.24, 2.45) is 0 Å². The first-order valence-electron chi connectivity index (χ1n) is 8.50. The third kappa shape index (κ3) is 3.86. The summed E-state index contributed by atoms with van der Waals surface area (Å²) in [7, 11) is 0. The minimum atomic E-state index is -0.508. The van der Waals surface area contributed by atoms with Crippen LogP contribution in [0, 0.1) is 6.92 Å². The fraction of sp³-hybridized carbons (Fsp3) is 0.562. The smallest absolute Gasteiger partial charge is 0.250 e. The van der Waals surface area contributed by atoms with E-state index in [1.54, 1.807) is 22.7 Å². The van der Waals surface area contributed by atoms with E-state index in [9.17, 15) is 9.59 Å². The van der Waals surface area contributed by atoms with Gasteiger partial charge in [0.15, 0.2) is 5.82 Å². The molecule has 9 nitrogen and oxygen atoms in total. The van der Waals surface area contributed by atoms with Crippen LogP contribution in [0.15, 0.2) is 16.8 Å². The highest BCUT2D eigenvalue weighted by atomic mass is 16.5. The van der Waals surface area contributed by atoms with Gasteiger partial charge in [0.2, 0.25) is 11.8 Å². The van der Waals surface area contributed by atoms with Crippen molar-refractivity contribution >= 4 is 17.6 Å². The van der Waals surface area contributed by atoms with Crippen LogP contribution in [0.5, 0.6) is 0 Å². The Hall–Kier alpha value is -2.71. The number of hydrogen-bond donors (Lipinski definition) is 1. The van der Waals surface area contributed by atoms with Crippen molar-refractivity contribution in [3.8, 4) is 0 Å². The van der Waals surface area contributed by atoms with Crippen LogP contribution in [0.1, 0.15) is 37.9 Å². The van der Waals surface area contributed by atoms with E-state index >= 15 is 0 Å². The molecule has 2 aromatic heterocycles. The van der Waals surface area contributed by atoms with Crippen LogP contribution in [-0.2, 0) is 22.6 Å². The molecule has 134 valence electrons. The highest BCUT2D eigenvalue weighted by molar-refractivity contribution is 5.99. The molecule has 1 N–H and O–H groups in total. The molecule has 3 rings (SSSR count). The highest BCUT2D eigenvalue weighted by Gasteiger charge is 2.32. The van der Waals surface area contributed by atoms with Crippen LogP contribution in [-0.4, -0.2) is 44.3 Å². The van der Waals surface area contributed by atoms with Gasteiger partial charge in [-0.15, -0.1) is 0 Å². The zero-order valence-corrected chi connectivity index (χ0v) is 14.4. The van der Waals surface area contributed by atoms with Crippen LogP contribution in [0.25, 0.3) is 0 Å². The number of aryl methyl sites for hydroxylation is 3. The third-order valence-electron chi connectivity index (χ3n) is 4.18. The van der Waals surface area contributed by atoms with E-state index in [2.05, 4.69) is 20.6 Å². The molecule has 0 saturated carbocycles. The lowest BCUT2D eigenvalue weighted by atomic mass is 10.0. The lowest BCUT2D eigenvalue weighted by molar-refractivity contribution is -0.128. The van der Waals surface area contributed by atoms with Crippen LogP contribution in [0.2, 0.25) is 0 Å². The van der Waals surface area contributed by atoms with Crippen LogP contribution < -0.4 is 10.2 Å². The molecule has 1 aliphatic rings. The predicted octanol–water partition coefficient (Wildman–Crippen LogP) is 0.839. The molecule has 1 atom stereocenters. The van der Waals surface area contributed by atoms with E-state index in [-0.39, 0.29) is 18.2 Å². The summed E-state index contributed by atoms with van der Waals surface area (Å²) in [6, 6.07) is 1.31. The molecule has 1 saturated heterocycles. The van der Waals surface area contributed by atoms with Gasteiger partial charge in [-0.1, -0.05) is 5.16 Å². The van der Waals surface area contributed by atoms with Crippen molar-refractivity contribution in [3.63, 3.8) is 0 Å². The molecule has 25 heavy (non-hydrogen) atoms. The molecule has 0 aromatic carbocycles. The van der Waals surface area contributed by atoms with E-state index in [0.717, 1.165) is 12.2 Å². The van der Waals surface area contributed by atoms with E-state index in [4.69, 9.17) is 4.52 Å². The number of carbonyl (C=O) groups is 2. The first-order valence-corrected chi connectivity index (χ1v) is 8.50. The third-order valence-corrected chi connectivity index (χ3v) is 4.18. The maximum Gasteiger partial charge on any atom is 0.250 e. The first kappa shape index (κ1) is 17.1. The molecule has 1 unspecified atom stereocenters. The second kappa shape index (κ2) is 7.45. The number of carbonyl (C=O) groups excluding carboxylic acids is 2. The Morgan fingerprint density at radius 2 is 2.32 bits per heavy atom. The lowest BCUT2D eigenvalue weighted by Gasteiger charge is -2.32. The second-order valence-electron chi connectivity index (χ2n) is 5.99. The Bertz CT molecular complexity index is 753. The quantitative estimate of drug-likeness (QED) is 0.831. The van der Waals surface area contributed by atoms with E-state index in [0.29, 0.717) is 37.6 Å². The number of anilines is 1. The van der Waals surface area contributed by atoms with Crippen LogP contribution in [0.4, 0.5) is 5.82 Å². The fourth-order valence-electron chi connectivity index (χ4n) is 2.96. The van der Waals surface area contributed by atoms with Crippen molar-refractivity contribution in [1.29, 1.82) is 0 Å². The van der Waals surface area contributed by atoms with Gasteiger partial charge in [-0.05, 0) is 26.7 Å². The maximum atomic E-state index is 12.7. The van der Waals surface area contributed by atoms with Gasteiger partial charge in [-0.25, -0.2) is 4.68 Å². The van der Waals surface area contributed by atoms with Gasteiger partial charge in [0.05, 0.1) is 6.20 Å². The van der Waals surface area contributed by atoms with Gasteiger partial charge in [0, 0.05) is 32.0 Å². The number of nitrogens with one attached hydrogen (secondary N) is 1. The monoisotopic (exact) mass is 346 g/mol. The van der Waals surface area contributed by atoms with Crippen molar-refractivity contribution in [2.75, 3.05) is 11.4 Å². The van der Waals surface area contributed by atoms with E-state index in [1.165, 1.54) is 0 Å². The maximum absolute atomic E-state index is 12.7. The standard InChI is InChI=1S/C16H22N6O3/c1-3-22-15(8-9-17-22)21-10-4-5-12(16(21)24)19-13(23)6-7-14-18-11(2)20-25-14/h8-9,12H,3-7,10H2,1-2H3,(H,19,23). The van der Waals surface area contributed by atoms with Crippen molar-refractivity contribution in [3.05, 3.63) is 24.0 Å². The molecule has 2 aromatic rings. The van der Waals surface area contributed by atoms with Gasteiger partial charge in [-0.3, -0.25) is 14.5 Å². The number of aromatic nitrogens is 4. The largest absolute Gasteiger partial charge is 0.344 e. The highest BCUT2D eigenvalue weighted by Crippen LogP contribution is 2.21. The Balaban J connectivity index is 1.58. The summed E-state index contributed by atoms with van der Waals surface area (Å²) in [5.41, 5.74) is 0. The summed E-state index contributed by atoms with van der Waals surface area (Å²) in [5.74, 6) is 1.45. The minimum absolute atomic E-state index is 0.0940. The molecule has 0 bridgehead atoms. The Morgan fingerprint density at radius 3 is 3.04 bits per heavy atom. The number of piperidine rings is 1. The molecule has 9 heteroatoms. The minimum Gasteiger partial charge on any atom is -0.344 e. The van der Waals surface area contributed by atoms with Gasteiger partial charge in [0.1, 0.15) is 11.9 Å². The molecule has 1 fully saturated rings. The summed E-state index contributed by atoms with van der Waals surface area (Å²) in [5, 5.41) is 10.7. The number of nitrogens with zero attached hydrogens (tertiary/aromatic N) is 5. The summed E-state index contributed by atoms with van der Waals surface area (Å²) in [6.07, 6.45) is 3.72. The van der Waals surface area contributed by atoms with Crippen molar-refractivity contribution in [2.45, 2.75) is 52.1 Å². The van der Waals surface area contributed by atoms with E-state index in [1.807, 2.05) is 13.0 Å². The SMILES string of the molecule is CCn1nccc1N1CCCC(NC(=O)CCc2nc(C)no2)C1=O. The first-order chi connectivity index (χ1) is 12.1. The fourth-order valence-corrected chi connectivity index (χ4v) is 2.96. The van der Waals surface area contributed by atoms with Crippen molar-refractivity contribution in [1.82, 2.24) is 25.2 Å². The molecular formula is C16H22N6O3. The predicted molar refractivity (Wildman–Crippen MR) is 88.8 cm³/mol. The number of amides is 2. The van der Waals surface area contributed by atoms with Gasteiger partial charge in [0.25, 0.3) is 5.91 Å². The molecule has 2 amide bonds. The average Bonchev–Trinajstić information content (AvgIpc) is 3.23. The van der Waals surface area contributed by atoms with Crippen LogP contribution in [0.3, 0.4) is 0 Å². The molecular weight excluding hydrogens is 324 g/mol. The summed E-state index contributed by atoms with van der Waals surface area (Å²) in [6.45, 7) is 5.03. The topological polar surface area (TPSA) is 106 Å². The molecule has 0 radical (unpaired) electrons. The number of hydrogen-bond acceptors (Lipinski definition) is 6. The average molecular weight is 346 g/mol. The normalized spacial score (nSPS) is 17.8. The summed E-state index contributed by atoms with van der Waals surface area (Å²) >= 11 is 0. The molecule has 0 spiro atoms. The molecule has 1 aliphatic heterocycles. The van der Waals surface area contributed by atoms with Gasteiger partial charge >= 0.3 is 0 Å². The Morgan fingerprint density at radius 1 is 1.48 bits per heavy atom. The Kier molecular flexibility index (Phi) is 5.11. The van der Waals surface area contributed by atoms with Gasteiger partial charge in [-0.2, -0.15) is 10.1 Å². The summed E-state index contributed by atoms with van der Waals surface area (Å²) < 4.78 is 6.77. The second-order valence-corrected chi connectivity index (χ2v) is 5.99. The summed E-state index contributed by atoms with van der Waals surface area (Å²) in [4.78, 5) is 30.7. The van der Waals surface area contributed by atoms with Crippen molar-refractivity contribution < 1.29 is 14.1 Å². The zero-order valence-electron chi connectivity index (χ0n) is 14.4. The molecule has 0 aliphatic carbocycles. The lowest BCUT2D eigenvalue weighted by Crippen LogP contribution is -2.53. The number of rotatable bonds is 6. The zero-order chi connectivity index (χ0) is 17.8. The van der Waals surface area contributed by atoms with E-state index < -0.39 is 6.04 Å². The van der Waals surface area contributed by atoms with Crippen LogP contribution >= 0.6 is 0 Å². The Labute approximate surface area is 145 Å².